The molecule has 1 spiro atoms. The maximum absolute atomic E-state index is 3.63. The number of hydrogen-bond donors (Lipinski definition) is 1. The van der Waals surface area contributed by atoms with Crippen molar-refractivity contribution >= 4 is 5.69 Å². The molecule has 0 bridgehead atoms. The van der Waals surface area contributed by atoms with E-state index in [1.807, 2.05) is 0 Å². The normalized spacial score (nSPS) is 29.1. The van der Waals surface area contributed by atoms with Gasteiger partial charge in [0.2, 0.25) is 0 Å². The Hall–Kier alpha value is -1.02. The highest BCUT2D eigenvalue weighted by Crippen LogP contribution is 2.46. The first kappa shape index (κ1) is 12.7. The number of para-hydroxylation sites is 1. The Kier molecular flexibility index (Phi) is 3.22. The van der Waals surface area contributed by atoms with Gasteiger partial charge in [0.25, 0.3) is 0 Å². The average Bonchev–Trinajstić information content (AvgIpc) is 2.96. The van der Waals surface area contributed by atoms with Crippen molar-refractivity contribution in [1.82, 2.24) is 4.90 Å². The summed E-state index contributed by atoms with van der Waals surface area (Å²) in [6, 6.07) is 9.53. The van der Waals surface area contributed by atoms with E-state index < -0.39 is 0 Å². The van der Waals surface area contributed by atoms with Crippen LogP contribution in [0.5, 0.6) is 0 Å². The highest BCUT2D eigenvalue weighted by Gasteiger charge is 2.38. The zero-order chi connectivity index (χ0) is 13.4. The summed E-state index contributed by atoms with van der Waals surface area (Å²) in [5.74, 6) is 0. The lowest BCUT2D eigenvalue weighted by atomic mass is 9.76. The van der Waals surface area contributed by atoms with Gasteiger partial charge in [-0.2, -0.15) is 0 Å². The first-order valence-corrected chi connectivity index (χ1v) is 8.41. The van der Waals surface area contributed by atoms with Gasteiger partial charge in [-0.1, -0.05) is 31.0 Å². The molecule has 2 heteroatoms. The molecule has 1 aliphatic carbocycles. The minimum Gasteiger partial charge on any atom is -0.383 e. The van der Waals surface area contributed by atoms with Crippen LogP contribution < -0.4 is 5.32 Å². The zero-order valence-electron chi connectivity index (χ0n) is 12.4. The van der Waals surface area contributed by atoms with E-state index in [0.717, 1.165) is 12.0 Å². The Morgan fingerprint density at radius 3 is 2.55 bits per heavy atom. The van der Waals surface area contributed by atoms with Gasteiger partial charge in [0, 0.05) is 18.3 Å². The molecule has 2 fully saturated rings. The summed E-state index contributed by atoms with van der Waals surface area (Å²) >= 11 is 0. The molecule has 1 unspecified atom stereocenters. The predicted molar refractivity (Wildman–Crippen MR) is 84.1 cm³/mol. The minimum atomic E-state index is 0.712. The fourth-order valence-electron chi connectivity index (χ4n) is 4.67. The van der Waals surface area contributed by atoms with Gasteiger partial charge in [-0.3, -0.25) is 4.90 Å². The summed E-state index contributed by atoms with van der Waals surface area (Å²) < 4.78 is 0. The van der Waals surface area contributed by atoms with Crippen LogP contribution in [-0.2, 0) is 6.42 Å². The number of hydrogen-bond acceptors (Lipinski definition) is 2. The van der Waals surface area contributed by atoms with Gasteiger partial charge in [-0.15, -0.1) is 0 Å². The van der Waals surface area contributed by atoms with Gasteiger partial charge in [-0.25, -0.2) is 0 Å². The smallest absolute Gasteiger partial charge is 0.0373 e. The number of nitrogens with zero attached hydrogens (tertiary/aromatic N) is 1. The standard InChI is InChI=1S/C18H26N2/c1-2-6-17-15(5-1)13-16(14-19-17)20-11-9-18(10-12-20)7-3-4-8-18/h1-2,5-6,16,19H,3-4,7-14H2. The largest absolute Gasteiger partial charge is 0.383 e. The van der Waals surface area contributed by atoms with Crippen molar-refractivity contribution in [3.63, 3.8) is 0 Å². The van der Waals surface area contributed by atoms with Crippen LogP contribution in [0.3, 0.4) is 0 Å². The SMILES string of the molecule is c1ccc2c(c1)CC(N1CCC3(CCCC3)CC1)CN2. The van der Waals surface area contributed by atoms with E-state index in [2.05, 4.69) is 34.5 Å². The van der Waals surface area contributed by atoms with Gasteiger partial charge in [0.15, 0.2) is 0 Å². The summed E-state index contributed by atoms with van der Waals surface area (Å²) in [6.45, 7) is 3.78. The molecule has 3 aliphatic rings. The second-order valence-corrected chi connectivity index (χ2v) is 7.14. The van der Waals surface area contributed by atoms with Crippen molar-refractivity contribution < 1.29 is 0 Å². The Balaban J connectivity index is 1.41. The summed E-state index contributed by atoms with van der Waals surface area (Å²) in [5, 5.41) is 3.63. The lowest BCUT2D eigenvalue weighted by Crippen LogP contribution is -2.49. The minimum absolute atomic E-state index is 0.712. The molecule has 2 heterocycles. The van der Waals surface area contributed by atoms with Crippen molar-refractivity contribution in [1.29, 1.82) is 0 Å². The third-order valence-corrected chi connectivity index (χ3v) is 6.04. The topological polar surface area (TPSA) is 15.3 Å². The predicted octanol–water partition coefficient (Wildman–Crippen LogP) is 3.68. The molecule has 0 amide bonds. The molecule has 1 N–H and O–H groups in total. The van der Waals surface area contributed by atoms with Crippen LogP contribution in [0.1, 0.15) is 44.1 Å². The fourth-order valence-corrected chi connectivity index (χ4v) is 4.67. The number of nitrogens with one attached hydrogen (secondary N) is 1. The third kappa shape index (κ3) is 2.24. The molecular weight excluding hydrogens is 244 g/mol. The first-order valence-electron chi connectivity index (χ1n) is 8.41. The molecule has 2 nitrogen and oxygen atoms in total. The van der Waals surface area contributed by atoms with E-state index in [0.29, 0.717) is 6.04 Å². The maximum Gasteiger partial charge on any atom is 0.0373 e. The van der Waals surface area contributed by atoms with Crippen LogP contribution in [0.25, 0.3) is 0 Å². The van der Waals surface area contributed by atoms with E-state index >= 15 is 0 Å². The monoisotopic (exact) mass is 270 g/mol. The number of anilines is 1. The summed E-state index contributed by atoms with van der Waals surface area (Å²) in [4.78, 5) is 2.76. The third-order valence-electron chi connectivity index (χ3n) is 6.04. The van der Waals surface area contributed by atoms with Crippen LogP contribution in [0, 0.1) is 5.41 Å². The number of fused-ring (bicyclic) bond motifs is 1. The summed E-state index contributed by atoms with van der Waals surface area (Å²) in [6.07, 6.45) is 10.1. The summed E-state index contributed by atoms with van der Waals surface area (Å²) in [7, 11) is 0. The first-order chi connectivity index (χ1) is 9.85. The molecule has 108 valence electrons. The maximum atomic E-state index is 3.63. The molecule has 2 aliphatic heterocycles. The molecule has 0 radical (unpaired) electrons. The van der Waals surface area contributed by atoms with Crippen molar-refractivity contribution in [2.45, 2.75) is 51.0 Å². The summed E-state index contributed by atoms with van der Waals surface area (Å²) in [5.41, 5.74) is 3.61. The number of likely N-dealkylation sites (tertiary alicyclic amines) is 1. The highest BCUT2D eigenvalue weighted by molar-refractivity contribution is 5.53. The molecule has 1 aromatic rings. The molecule has 1 aromatic carbocycles. The average molecular weight is 270 g/mol. The molecule has 1 saturated carbocycles. The lowest BCUT2D eigenvalue weighted by Gasteiger charge is -2.44. The Morgan fingerprint density at radius 2 is 1.75 bits per heavy atom. The van der Waals surface area contributed by atoms with E-state index in [4.69, 9.17) is 0 Å². The quantitative estimate of drug-likeness (QED) is 0.837. The van der Waals surface area contributed by atoms with E-state index in [1.165, 1.54) is 69.3 Å². The molecule has 1 atom stereocenters. The highest BCUT2D eigenvalue weighted by atomic mass is 15.2. The van der Waals surface area contributed by atoms with Crippen molar-refractivity contribution in [3.8, 4) is 0 Å². The zero-order valence-corrected chi connectivity index (χ0v) is 12.4. The lowest BCUT2D eigenvalue weighted by molar-refractivity contribution is 0.0786. The second-order valence-electron chi connectivity index (χ2n) is 7.14. The van der Waals surface area contributed by atoms with Crippen LogP contribution in [-0.4, -0.2) is 30.6 Å². The van der Waals surface area contributed by atoms with Gasteiger partial charge in [0.05, 0.1) is 0 Å². The van der Waals surface area contributed by atoms with Crippen molar-refractivity contribution in [2.24, 2.45) is 5.41 Å². The van der Waals surface area contributed by atoms with Crippen molar-refractivity contribution in [2.75, 3.05) is 25.0 Å². The van der Waals surface area contributed by atoms with E-state index in [-0.39, 0.29) is 0 Å². The molecular formula is C18H26N2. The van der Waals surface area contributed by atoms with Crippen LogP contribution in [0.4, 0.5) is 5.69 Å². The Morgan fingerprint density at radius 1 is 1.00 bits per heavy atom. The number of rotatable bonds is 1. The van der Waals surface area contributed by atoms with Crippen molar-refractivity contribution in [3.05, 3.63) is 29.8 Å². The fraction of sp³-hybridized carbons (Fsp3) is 0.667. The Labute approximate surface area is 122 Å². The molecule has 4 rings (SSSR count). The molecule has 0 aromatic heterocycles. The van der Waals surface area contributed by atoms with E-state index in [9.17, 15) is 0 Å². The van der Waals surface area contributed by atoms with Gasteiger partial charge in [0.1, 0.15) is 0 Å². The van der Waals surface area contributed by atoms with E-state index in [1.54, 1.807) is 0 Å². The molecule has 20 heavy (non-hydrogen) atoms. The Bertz CT molecular complexity index is 466. The van der Waals surface area contributed by atoms with Gasteiger partial charge < -0.3 is 5.32 Å². The number of benzene rings is 1. The van der Waals surface area contributed by atoms with Gasteiger partial charge in [-0.05, 0) is 62.2 Å². The number of piperidine rings is 1. The van der Waals surface area contributed by atoms with Crippen LogP contribution in [0.2, 0.25) is 0 Å². The van der Waals surface area contributed by atoms with Crippen LogP contribution in [0.15, 0.2) is 24.3 Å². The van der Waals surface area contributed by atoms with Crippen LogP contribution >= 0.6 is 0 Å². The molecule has 1 saturated heterocycles. The second kappa shape index (κ2) is 5.07. The van der Waals surface area contributed by atoms with Gasteiger partial charge >= 0.3 is 0 Å².